The fourth-order valence-corrected chi connectivity index (χ4v) is 5.64. The SMILES string of the molecule is CCOc1ccc(NC(=O)c2c(NC(=O)c3cccnc3)sc3c2CC[C@@H](C(C)(C)C)C3)cc1. The molecule has 178 valence electrons. The van der Waals surface area contributed by atoms with Crippen molar-refractivity contribution in [2.75, 3.05) is 17.2 Å². The number of amides is 2. The molecule has 0 aliphatic heterocycles. The highest BCUT2D eigenvalue weighted by Gasteiger charge is 2.34. The summed E-state index contributed by atoms with van der Waals surface area (Å²) < 4.78 is 5.49. The van der Waals surface area contributed by atoms with E-state index >= 15 is 0 Å². The molecule has 2 aromatic heterocycles. The summed E-state index contributed by atoms with van der Waals surface area (Å²) in [5.74, 6) is 0.806. The van der Waals surface area contributed by atoms with Crippen LogP contribution in [0.3, 0.4) is 0 Å². The standard InChI is InChI=1S/C27H31N3O3S/c1-5-33-20-11-9-19(10-12-20)29-25(32)23-21-13-8-18(27(2,3)4)15-22(21)34-26(23)30-24(31)17-7-6-14-28-16-17/h6-7,9-12,14,16,18H,5,8,13,15H2,1-4H3,(H,29,32)(H,30,31)/t18-/m1/s1. The molecule has 2 amide bonds. The van der Waals surface area contributed by atoms with E-state index in [1.54, 1.807) is 18.3 Å². The van der Waals surface area contributed by atoms with E-state index in [9.17, 15) is 9.59 Å². The summed E-state index contributed by atoms with van der Waals surface area (Å²) in [7, 11) is 0. The number of carbonyl (C=O) groups excluding carboxylic acids is 2. The fourth-order valence-electron chi connectivity index (χ4n) is 4.32. The number of thiophene rings is 1. The van der Waals surface area contributed by atoms with Crippen LogP contribution in [0.15, 0.2) is 48.8 Å². The molecule has 0 saturated carbocycles. The first-order valence-corrected chi connectivity index (χ1v) is 12.5. The van der Waals surface area contributed by atoms with Crippen LogP contribution in [0.4, 0.5) is 10.7 Å². The smallest absolute Gasteiger partial charge is 0.258 e. The van der Waals surface area contributed by atoms with Crippen molar-refractivity contribution < 1.29 is 14.3 Å². The predicted octanol–water partition coefficient (Wildman–Crippen LogP) is 6.20. The van der Waals surface area contributed by atoms with Crippen LogP contribution in [0.1, 0.15) is 65.3 Å². The van der Waals surface area contributed by atoms with Gasteiger partial charge >= 0.3 is 0 Å². The van der Waals surface area contributed by atoms with Gasteiger partial charge in [-0.1, -0.05) is 20.8 Å². The summed E-state index contributed by atoms with van der Waals surface area (Å²) in [4.78, 5) is 31.6. The Kier molecular flexibility index (Phi) is 7.03. The molecule has 2 N–H and O–H groups in total. The van der Waals surface area contributed by atoms with Crippen LogP contribution in [0.5, 0.6) is 5.75 Å². The minimum atomic E-state index is -0.269. The molecule has 0 spiro atoms. The average molecular weight is 478 g/mol. The van der Waals surface area contributed by atoms with Gasteiger partial charge in [-0.25, -0.2) is 0 Å². The third-order valence-electron chi connectivity index (χ3n) is 6.29. The summed E-state index contributed by atoms with van der Waals surface area (Å²) in [5, 5.41) is 6.59. The zero-order chi connectivity index (χ0) is 24.3. The number of anilines is 2. The Morgan fingerprint density at radius 3 is 2.53 bits per heavy atom. The third-order valence-corrected chi connectivity index (χ3v) is 7.46. The number of hydrogen-bond donors (Lipinski definition) is 2. The topological polar surface area (TPSA) is 80.3 Å². The summed E-state index contributed by atoms with van der Waals surface area (Å²) in [6.07, 6.45) is 5.91. The van der Waals surface area contributed by atoms with Crippen molar-refractivity contribution in [2.45, 2.75) is 47.0 Å². The maximum atomic E-state index is 13.5. The second kappa shape index (κ2) is 9.97. The van der Waals surface area contributed by atoms with Gasteiger partial charge in [-0.3, -0.25) is 14.6 Å². The highest BCUT2D eigenvalue weighted by atomic mass is 32.1. The van der Waals surface area contributed by atoms with Crippen LogP contribution in [0.25, 0.3) is 0 Å². The van der Waals surface area contributed by atoms with E-state index in [-0.39, 0.29) is 17.2 Å². The minimum absolute atomic E-state index is 0.186. The number of fused-ring (bicyclic) bond motifs is 1. The number of pyridine rings is 1. The summed E-state index contributed by atoms with van der Waals surface area (Å²) in [6.45, 7) is 9.31. The van der Waals surface area contributed by atoms with Crippen molar-refractivity contribution in [2.24, 2.45) is 11.3 Å². The van der Waals surface area contributed by atoms with Gasteiger partial charge in [0, 0.05) is 23.0 Å². The molecule has 1 aliphatic carbocycles. The number of nitrogens with zero attached hydrogens (tertiary/aromatic N) is 1. The van der Waals surface area contributed by atoms with E-state index in [1.165, 1.54) is 22.4 Å². The Bertz CT molecular complexity index is 1160. The molecule has 3 aromatic rings. The van der Waals surface area contributed by atoms with Gasteiger partial charge in [0.05, 0.1) is 17.7 Å². The molecule has 0 radical (unpaired) electrons. The molecule has 1 aromatic carbocycles. The Morgan fingerprint density at radius 1 is 1.12 bits per heavy atom. The lowest BCUT2D eigenvalue weighted by Gasteiger charge is -2.33. The molecular formula is C27H31N3O3S. The largest absolute Gasteiger partial charge is 0.494 e. The highest BCUT2D eigenvalue weighted by Crippen LogP contribution is 2.44. The van der Waals surface area contributed by atoms with Crippen molar-refractivity contribution >= 4 is 33.8 Å². The number of nitrogens with one attached hydrogen (secondary N) is 2. The molecular weight excluding hydrogens is 446 g/mol. The maximum absolute atomic E-state index is 13.5. The molecule has 0 saturated heterocycles. The predicted molar refractivity (Wildman–Crippen MR) is 137 cm³/mol. The van der Waals surface area contributed by atoms with Gasteiger partial charge in [0.1, 0.15) is 10.8 Å². The molecule has 1 aliphatic rings. The molecule has 34 heavy (non-hydrogen) atoms. The lowest BCUT2D eigenvalue weighted by atomic mass is 9.72. The minimum Gasteiger partial charge on any atom is -0.494 e. The molecule has 4 rings (SSSR count). The maximum Gasteiger partial charge on any atom is 0.258 e. The van der Waals surface area contributed by atoms with E-state index in [4.69, 9.17) is 4.74 Å². The van der Waals surface area contributed by atoms with Crippen LogP contribution in [-0.4, -0.2) is 23.4 Å². The number of benzene rings is 1. The lowest BCUT2D eigenvalue weighted by molar-refractivity contribution is 0.102. The number of hydrogen-bond acceptors (Lipinski definition) is 5. The number of rotatable bonds is 6. The Morgan fingerprint density at radius 2 is 1.88 bits per heavy atom. The van der Waals surface area contributed by atoms with Crippen molar-refractivity contribution in [3.8, 4) is 5.75 Å². The van der Waals surface area contributed by atoms with Crippen molar-refractivity contribution in [3.05, 3.63) is 70.4 Å². The van der Waals surface area contributed by atoms with Gasteiger partial charge in [0.2, 0.25) is 0 Å². The van der Waals surface area contributed by atoms with Gasteiger partial charge in [0.25, 0.3) is 11.8 Å². The fraction of sp³-hybridized carbons (Fsp3) is 0.370. The van der Waals surface area contributed by atoms with E-state index in [2.05, 4.69) is 36.4 Å². The Labute approximate surface area is 204 Å². The zero-order valence-corrected chi connectivity index (χ0v) is 20.9. The van der Waals surface area contributed by atoms with Crippen LogP contribution in [0, 0.1) is 11.3 Å². The van der Waals surface area contributed by atoms with Crippen LogP contribution >= 0.6 is 11.3 Å². The first-order valence-electron chi connectivity index (χ1n) is 11.7. The van der Waals surface area contributed by atoms with Crippen molar-refractivity contribution in [1.82, 2.24) is 4.98 Å². The normalized spacial score (nSPS) is 15.4. The molecule has 0 fully saturated rings. The molecule has 1 atom stereocenters. The van der Waals surface area contributed by atoms with E-state index in [0.29, 0.717) is 34.3 Å². The summed E-state index contributed by atoms with van der Waals surface area (Å²) in [6, 6.07) is 10.8. The molecule has 6 nitrogen and oxygen atoms in total. The van der Waals surface area contributed by atoms with Crippen molar-refractivity contribution in [1.29, 1.82) is 0 Å². The van der Waals surface area contributed by atoms with E-state index < -0.39 is 0 Å². The molecule has 0 bridgehead atoms. The van der Waals surface area contributed by atoms with Gasteiger partial charge in [-0.05, 0) is 79.5 Å². The third kappa shape index (κ3) is 5.30. The average Bonchev–Trinajstić information content (AvgIpc) is 3.17. The second-order valence-corrected chi connectivity index (χ2v) is 10.7. The van der Waals surface area contributed by atoms with Crippen LogP contribution in [-0.2, 0) is 12.8 Å². The highest BCUT2D eigenvalue weighted by molar-refractivity contribution is 7.17. The quantitative estimate of drug-likeness (QED) is 0.443. The Balaban J connectivity index is 1.64. The summed E-state index contributed by atoms with van der Waals surface area (Å²) >= 11 is 1.52. The molecule has 2 heterocycles. The molecule has 7 heteroatoms. The monoisotopic (exact) mass is 477 g/mol. The van der Waals surface area contributed by atoms with Gasteiger partial charge in [-0.2, -0.15) is 0 Å². The van der Waals surface area contributed by atoms with Crippen LogP contribution in [0.2, 0.25) is 0 Å². The number of carbonyl (C=O) groups is 2. The van der Waals surface area contributed by atoms with Crippen molar-refractivity contribution in [3.63, 3.8) is 0 Å². The first kappa shape index (κ1) is 24.0. The van der Waals surface area contributed by atoms with Gasteiger partial charge < -0.3 is 15.4 Å². The van der Waals surface area contributed by atoms with E-state index in [0.717, 1.165) is 30.6 Å². The second-order valence-electron chi connectivity index (χ2n) is 9.62. The number of aromatic nitrogens is 1. The van der Waals surface area contributed by atoms with Gasteiger partial charge in [0.15, 0.2) is 0 Å². The van der Waals surface area contributed by atoms with Gasteiger partial charge in [-0.15, -0.1) is 11.3 Å². The van der Waals surface area contributed by atoms with E-state index in [1.807, 2.05) is 31.2 Å². The number of ether oxygens (including phenoxy) is 1. The zero-order valence-electron chi connectivity index (χ0n) is 20.1. The first-order chi connectivity index (χ1) is 16.3. The molecule has 0 unspecified atom stereocenters. The Hall–Kier alpha value is -3.19. The van der Waals surface area contributed by atoms with Crippen LogP contribution < -0.4 is 15.4 Å². The summed E-state index contributed by atoms with van der Waals surface area (Å²) in [5.41, 5.74) is 2.94. The lowest BCUT2D eigenvalue weighted by Crippen LogP contribution is -2.27.